The predicted molar refractivity (Wildman–Crippen MR) is 74.6 cm³/mol. The number of hydrogen-bond acceptors (Lipinski definition) is 7. The molecular formula is C11H9N5O2S2. The van der Waals surface area contributed by atoms with Crippen LogP contribution in [0.5, 0.6) is 0 Å². The fourth-order valence-corrected chi connectivity index (χ4v) is 3.81. The Kier molecular flexibility index (Phi) is 2.99. The van der Waals surface area contributed by atoms with Gasteiger partial charge in [0.1, 0.15) is 4.21 Å². The third kappa shape index (κ3) is 2.06. The first kappa shape index (κ1) is 12.8. The molecule has 0 saturated carbocycles. The van der Waals surface area contributed by atoms with Crippen molar-refractivity contribution in [3.05, 3.63) is 42.0 Å². The molecule has 0 aliphatic rings. The van der Waals surface area contributed by atoms with E-state index < -0.39 is 10.0 Å². The zero-order chi connectivity index (χ0) is 14.2. The molecule has 9 heteroatoms. The van der Waals surface area contributed by atoms with Gasteiger partial charge in [0.05, 0.1) is 0 Å². The van der Waals surface area contributed by atoms with Crippen molar-refractivity contribution in [1.29, 1.82) is 0 Å². The SMILES string of the molecule is Nc1nc(-c2ccncc2)nn1S(=O)(=O)c1cccs1. The molecule has 3 rings (SSSR count). The van der Waals surface area contributed by atoms with Crippen molar-refractivity contribution in [2.75, 3.05) is 5.73 Å². The highest BCUT2D eigenvalue weighted by molar-refractivity contribution is 7.92. The number of nitrogens with two attached hydrogens (primary N) is 1. The van der Waals surface area contributed by atoms with E-state index in [9.17, 15) is 8.42 Å². The van der Waals surface area contributed by atoms with Crippen LogP contribution in [0.4, 0.5) is 5.95 Å². The Morgan fingerprint density at radius 3 is 2.60 bits per heavy atom. The number of anilines is 1. The van der Waals surface area contributed by atoms with Crippen LogP contribution in [0.3, 0.4) is 0 Å². The first-order valence-corrected chi connectivity index (χ1v) is 7.83. The van der Waals surface area contributed by atoms with Crippen LogP contribution in [0.2, 0.25) is 0 Å². The van der Waals surface area contributed by atoms with Gasteiger partial charge in [0.2, 0.25) is 5.95 Å². The minimum absolute atomic E-state index is 0.162. The minimum Gasteiger partial charge on any atom is -0.367 e. The van der Waals surface area contributed by atoms with Crippen molar-refractivity contribution in [1.82, 2.24) is 19.2 Å². The molecular weight excluding hydrogens is 298 g/mol. The van der Waals surface area contributed by atoms with Crippen molar-refractivity contribution >= 4 is 27.3 Å². The number of aromatic nitrogens is 4. The molecule has 3 aromatic heterocycles. The quantitative estimate of drug-likeness (QED) is 0.780. The average Bonchev–Trinajstić information content (AvgIpc) is 3.09. The predicted octanol–water partition coefficient (Wildman–Crippen LogP) is 1.22. The lowest BCUT2D eigenvalue weighted by molar-refractivity contribution is 0.583. The van der Waals surface area contributed by atoms with Crippen molar-refractivity contribution in [3.8, 4) is 11.4 Å². The molecule has 7 nitrogen and oxygen atoms in total. The normalized spacial score (nSPS) is 11.6. The first-order chi connectivity index (χ1) is 9.59. The zero-order valence-corrected chi connectivity index (χ0v) is 11.7. The molecule has 0 aliphatic heterocycles. The summed E-state index contributed by atoms with van der Waals surface area (Å²) < 4.78 is 25.6. The molecule has 0 spiro atoms. The molecule has 0 aliphatic carbocycles. The lowest BCUT2D eigenvalue weighted by Gasteiger charge is -2.01. The Balaban J connectivity index is 2.11. The maximum atomic E-state index is 12.3. The fourth-order valence-electron chi connectivity index (χ4n) is 1.61. The maximum absolute atomic E-state index is 12.3. The lowest BCUT2D eigenvalue weighted by Crippen LogP contribution is -2.16. The van der Waals surface area contributed by atoms with Crippen LogP contribution in [0.1, 0.15) is 0 Å². The van der Waals surface area contributed by atoms with Gasteiger partial charge >= 0.3 is 0 Å². The number of pyridine rings is 1. The minimum atomic E-state index is -3.79. The van der Waals surface area contributed by atoms with E-state index in [1.54, 1.807) is 36.0 Å². The number of nitrogen functional groups attached to an aromatic ring is 1. The topological polar surface area (TPSA) is 104 Å². The number of rotatable bonds is 3. The van der Waals surface area contributed by atoms with Gasteiger partial charge in [-0.1, -0.05) is 6.07 Å². The van der Waals surface area contributed by atoms with Crippen LogP contribution in [0.15, 0.2) is 46.2 Å². The average molecular weight is 307 g/mol. The first-order valence-electron chi connectivity index (χ1n) is 5.51. The molecule has 20 heavy (non-hydrogen) atoms. The summed E-state index contributed by atoms with van der Waals surface area (Å²) in [6, 6.07) is 6.50. The number of thiophene rings is 1. The summed E-state index contributed by atoms with van der Waals surface area (Å²) in [5.74, 6) is 0.0650. The van der Waals surface area contributed by atoms with Crippen LogP contribution in [0.25, 0.3) is 11.4 Å². The Morgan fingerprint density at radius 2 is 1.95 bits per heavy atom. The summed E-state index contributed by atoms with van der Waals surface area (Å²) in [6.07, 6.45) is 3.14. The van der Waals surface area contributed by atoms with E-state index in [-0.39, 0.29) is 16.0 Å². The van der Waals surface area contributed by atoms with E-state index in [1.165, 1.54) is 6.07 Å². The molecule has 0 aromatic carbocycles. The summed E-state index contributed by atoms with van der Waals surface area (Å²) in [5, 5.41) is 5.65. The molecule has 3 aromatic rings. The van der Waals surface area contributed by atoms with Gasteiger partial charge in [-0.25, -0.2) is 0 Å². The summed E-state index contributed by atoms with van der Waals surface area (Å²) in [4.78, 5) is 7.86. The van der Waals surface area contributed by atoms with Gasteiger partial charge in [-0.15, -0.1) is 20.5 Å². The molecule has 0 bridgehead atoms. The summed E-state index contributed by atoms with van der Waals surface area (Å²) in [7, 11) is -3.79. The highest BCUT2D eigenvalue weighted by Gasteiger charge is 2.23. The highest BCUT2D eigenvalue weighted by Crippen LogP contribution is 2.23. The molecule has 0 radical (unpaired) electrons. The standard InChI is InChI=1S/C11H9N5O2S2/c12-11-14-10(8-3-5-13-6-4-8)15-16(11)20(17,18)9-2-1-7-19-9/h1-7H,(H2,12,14,15). The summed E-state index contributed by atoms with van der Waals surface area (Å²) in [5.41, 5.74) is 6.32. The Hall–Kier alpha value is -2.26. The Bertz CT molecular complexity index is 825. The van der Waals surface area contributed by atoms with Crippen LogP contribution >= 0.6 is 11.3 Å². The lowest BCUT2D eigenvalue weighted by atomic mass is 10.3. The second kappa shape index (κ2) is 4.69. The smallest absolute Gasteiger partial charge is 0.295 e. The Labute approximate surface area is 118 Å². The summed E-state index contributed by atoms with van der Waals surface area (Å²) >= 11 is 1.10. The van der Waals surface area contributed by atoms with E-state index in [1.807, 2.05) is 0 Å². The molecule has 2 N–H and O–H groups in total. The number of nitrogens with zero attached hydrogens (tertiary/aromatic N) is 4. The van der Waals surface area contributed by atoms with Gasteiger partial charge < -0.3 is 5.73 Å². The molecule has 0 amide bonds. The van der Waals surface area contributed by atoms with Gasteiger partial charge in [0.15, 0.2) is 5.82 Å². The van der Waals surface area contributed by atoms with Crippen molar-refractivity contribution < 1.29 is 8.42 Å². The molecule has 0 saturated heterocycles. The zero-order valence-electron chi connectivity index (χ0n) is 10.0. The second-order valence-corrected chi connectivity index (χ2v) is 6.75. The van der Waals surface area contributed by atoms with E-state index in [2.05, 4.69) is 15.1 Å². The van der Waals surface area contributed by atoms with Crippen LogP contribution in [-0.4, -0.2) is 27.6 Å². The van der Waals surface area contributed by atoms with Crippen LogP contribution < -0.4 is 5.73 Å². The fraction of sp³-hybridized carbons (Fsp3) is 0. The highest BCUT2D eigenvalue weighted by atomic mass is 32.2. The molecule has 3 heterocycles. The van der Waals surface area contributed by atoms with Crippen LogP contribution in [-0.2, 0) is 10.0 Å². The molecule has 102 valence electrons. The summed E-state index contributed by atoms with van der Waals surface area (Å²) in [6.45, 7) is 0. The monoisotopic (exact) mass is 307 g/mol. The van der Waals surface area contributed by atoms with Gasteiger partial charge in [-0.2, -0.15) is 13.4 Å². The van der Waals surface area contributed by atoms with E-state index >= 15 is 0 Å². The van der Waals surface area contributed by atoms with Crippen molar-refractivity contribution in [2.24, 2.45) is 0 Å². The Morgan fingerprint density at radius 1 is 1.20 bits per heavy atom. The van der Waals surface area contributed by atoms with E-state index in [0.717, 1.165) is 15.4 Å². The van der Waals surface area contributed by atoms with Crippen molar-refractivity contribution in [3.63, 3.8) is 0 Å². The van der Waals surface area contributed by atoms with Gasteiger partial charge in [0, 0.05) is 18.0 Å². The molecule has 0 unspecified atom stereocenters. The molecule has 0 atom stereocenters. The van der Waals surface area contributed by atoms with Gasteiger partial charge in [0.25, 0.3) is 10.0 Å². The number of hydrogen-bond donors (Lipinski definition) is 1. The third-order valence-corrected chi connectivity index (χ3v) is 5.47. The van der Waals surface area contributed by atoms with Crippen LogP contribution in [0, 0.1) is 0 Å². The third-order valence-electron chi connectivity index (χ3n) is 2.52. The molecule has 0 fully saturated rings. The largest absolute Gasteiger partial charge is 0.367 e. The van der Waals surface area contributed by atoms with E-state index in [4.69, 9.17) is 5.73 Å². The maximum Gasteiger partial charge on any atom is 0.295 e. The van der Waals surface area contributed by atoms with Gasteiger partial charge in [-0.3, -0.25) is 4.98 Å². The second-order valence-electron chi connectivity index (χ2n) is 3.81. The van der Waals surface area contributed by atoms with Crippen molar-refractivity contribution in [2.45, 2.75) is 4.21 Å². The van der Waals surface area contributed by atoms with Gasteiger partial charge in [-0.05, 0) is 23.6 Å². The van der Waals surface area contributed by atoms with E-state index in [0.29, 0.717) is 5.56 Å².